The quantitative estimate of drug-likeness (QED) is 0.195. The average molecular weight is 470 g/mol. The second kappa shape index (κ2) is 13.6. The van der Waals surface area contributed by atoms with Gasteiger partial charge in [0.15, 0.2) is 5.96 Å². The molecular weight excluding hydrogens is 435 g/mol. The second-order valence-corrected chi connectivity index (χ2v) is 6.65. The molecule has 1 aliphatic rings. The van der Waals surface area contributed by atoms with Crippen molar-refractivity contribution in [3.05, 3.63) is 0 Å². The zero-order valence-corrected chi connectivity index (χ0v) is 18.4. The lowest BCUT2D eigenvalue weighted by molar-refractivity contribution is -0.128. The fourth-order valence-electron chi connectivity index (χ4n) is 2.40. The molecule has 1 heterocycles. The van der Waals surface area contributed by atoms with Crippen molar-refractivity contribution in [3.63, 3.8) is 0 Å². The van der Waals surface area contributed by atoms with Gasteiger partial charge < -0.3 is 25.4 Å². The number of amides is 1. The Bertz CT molecular complexity index is 399. The monoisotopic (exact) mass is 470 g/mol. The van der Waals surface area contributed by atoms with Crippen molar-refractivity contribution in [2.24, 2.45) is 10.4 Å². The van der Waals surface area contributed by atoms with Crippen molar-refractivity contribution < 1.29 is 14.3 Å². The number of nitrogens with one attached hydrogen (secondary N) is 3. The third-order valence-corrected chi connectivity index (χ3v) is 3.90. The lowest BCUT2D eigenvalue weighted by Gasteiger charge is -2.21. The van der Waals surface area contributed by atoms with Gasteiger partial charge in [0.2, 0.25) is 5.91 Å². The van der Waals surface area contributed by atoms with E-state index in [1.807, 2.05) is 20.8 Å². The van der Waals surface area contributed by atoms with Gasteiger partial charge in [-0.3, -0.25) is 9.79 Å². The van der Waals surface area contributed by atoms with Gasteiger partial charge in [0.1, 0.15) is 0 Å². The van der Waals surface area contributed by atoms with Crippen LogP contribution in [0.5, 0.6) is 0 Å². The van der Waals surface area contributed by atoms with E-state index in [9.17, 15) is 4.79 Å². The van der Waals surface area contributed by atoms with Gasteiger partial charge in [0.05, 0.1) is 24.7 Å². The van der Waals surface area contributed by atoms with Crippen LogP contribution in [-0.4, -0.2) is 64.5 Å². The molecule has 0 spiro atoms. The number of ether oxygens (including phenoxy) is 2. The number of hydrogen-bond acceptors (Lipinski definition) is 4. The van der Waals surface area contributed by atoms with Gasteiger partial charge in [-0.05, 0) is 40.0 Å². The summed E-state index contributed by atoms with van der Waals surface area (Å²) in [7, 11) is 1.65. The van der Waals surface area contributed by atoms with Crippen molar-refractivity contribution in [2.75, 3.05) is 46.5 Å². The summed E-state index contributed by atoms with van der Waals surface area (Å²) in [4.78, 5) is 16.3. The molecule has 1 fully saturated rings. The molecule has 0 aromatic heterocycles. The number of rotatable bonds is 10. The summed E-state index contributed by atoms with van der Waals surface area (Å²) in [6.07, 6.45) is 3.43. The van der Waals surface area contributed by atoms with E-state index in [-0.39, 0.29) is 36.0 Å². The molecule has 0 radical (unpaired) electrons. The van der Waals surface area contributed by atoms with Crippen molar-refractivity contribution in [2.45, 2.75) is 46.1 Å². The van der Waals surface area contributed by atoms with Crippen LogP contribution in [0.3, 0.4) is 0 Å². The van der Waals surface area contributed by atoms with Gasteiger partial charge in [0, 0.05) is 33.4 Å². The second-order valence-electron chi connectivity index (χ2n) is 6.65. The van der Waals surface area contributed by atoms with E-state index in [4.69, 9.17) is 9.47 Å². The Morgan fingerprint density at radius 3 is 2.72 bits per heavy atom. The lowest BCUT2D eigenvalue weighted by Crippen LogP contribution is -2.41. The Balaban J connectivity index is 0.00000576. The van der Waals surface area contributed by atoms with E-state index in [2.05, 4.69) is 20.9 Å². The van der Waals surface area contributed by atoms with E-state index in [0.717, 1.165) is 44.9 Å². The highest BCUT2D eigenvalue weighted by molar-refractivity contribution is 14.0. The van der Waals surface area contributed by atoms with Crippen LogP contribution in [0.4, 0.5) is 0 Å². The molecule has 1 aliphatic heterocycles. The molecule has 0 aliphatic carbocycles. The maximum atomic E-state index is 11.8. The SMILES string of the molecule is CCNC(=NCC(C)(C)C(=O)NC)NCCCOCC1CCCO1.I. The Hall–Kier alpha value is -0.610. The molecule has 1 rings (SSSR count). The molecule has 1 saturated heterocycles. The molecule has 1 amide bonds. The minimum Gasteiger partial charge on any atom is -0.379 e. The van der Waals surface area contributed by atoms with E-state index >= 15 is 0 Å². The van der Waals surface area contributed by atoms with Crippen LogP contribution in [0.2, 0.25) is 0 Å². The highest BCUT2D eigenvalue weighted by Crippen LogP contribution is 2.15. The van der Waals surface area contributed by atoms with Crippen LogP contribution in [0, 0.1) is 5.41 Å². The van der Waals surface area contributed by atoms with Crippen molar-refractivity contribution in [1.29, 1.82) is 0 Å². The highest BCUT2D eigenvalue weighted by atomic mass is 127. The number of halogens is 1. The normalized spacial score (nSPS) is 17.8. The Morgan fingerprint density at radius 2 is 2.12 bits per heavy atom. The van der Waals surface area contributed by atoms with Crippen molar-refractivity contribution in [1.82, 2.24) is 16.0 Å². The molecule has 0 aromatic rings. The third kappa shape index (κ3) is 10.2. The predicted octanol–water partition coefficient (Wildman–Crippen LogP) is 1.52. The minimum absolute atomic E-state index is 0. The predicted molar refractivity (Wildman–Crippen MR) is 112 cm³/mol. The number of carbonyl (C=O) groups excluding carboxylic acids is 1. The average Bonchev–Trinajstić information content (AvgIpc) is 3.08. The fraction of sp³-hybridized carbons (Fsp3) is 0.882. The van der Waals surface area contributed by atoms with Crippen LogP contribution in [0.15, 0.2) is 4.99 Å². The third-order valence-electron chi connectivity index (χ3n) is 3.90. The van der Waals surface area contributed by atoms with E-state index in [1.54, 1.807) is 7.05 Å². The summed E-state index contributed by atoms with van der Waals surface area (Å²) in [6, 6.07) is 0. The van der Waals surface area contributed by atoms with Gasteiger partial charge in [-0.1, -0.05) is 0 Å². The first-order chi connectivity index (χ1) is 11.5. The molecule has 3 N–H and O–H groups in total. The summed E-state index contributed by atoms with van der Waals surface area (Å²) < 4.78 is 11.2. The zero-order valence-electron chi connectivity index (χ0n) is 16.0. The van der Waals surface area contributed by atoms with Crippen LogP contribution < -0.4 is 16.0 Å². The number of carbonyl (C=O) groups is 1. The van der Waals surface area contributed by atoms with Crippen LogP contribution >= 0.6 is 24.0 Å². The Labute approximate surface area is 169 Å². The summed E-state index contributed by atoms with van der Waals surface area (Å²) >= 11 is 0. The molecular formula is C17H35IN4O3. The van der Waals surface area contributed by atoms with Crippen LogP contribution in [0.1, 0.15) is 40.0 Å². The standard InChI is InChI=1S/C17H34N4O3.HI/c1-5-19-16(21-13-17(2,3)15(22)18-4)20-9-7-10-23-12-14-8-6-11-24-14;/h14H,5-13H2,1-4H3,(H,18,22)(H2,19,20,21);1H. The fourth-order valence-corrected chi connectivity index (χ4v) is 2.40. The van der Waals surface area contributed by atoms with Gasteiger partial charge >= 0.3 is 0 Å². The first-order valence-electron chi connectivity index (χ1n) is 8.93. The zero-order chi connectivity index (χ0) is 17.8. The number of hydrogen-bond donors (Lipinski definition) is 3. The van der Waals surface area contributed by atoms with Gasteiger partial charge in [0.25, 0.3) is 0 Å². The first-order valence-corrected chi connectivity index (χ1v) is 8.93. The Kier molecular flexibility index (Phi) is 13.2. The van der Waals surface area contributed by atoms with Crippen LogP contribution in [0.25, 0.3) is 0 Å². The molecule has 0 aromatic carbocycles. The molecule has 25 heavy (non-hydrogen) atoms. The van der Waals surface area contributed by atoms with E-state index in [0.29, 0.717) is 19.8 Å². The molecule has 0 saturated carbocycles. The highest BCUT2D eigenvalue weighted by Gasteiger charge is 2.26. The summed E-state index contributed by atoms with van der Waals surface area (Å²) in [6.45, 7) is 10.0. The van der Waals surface area contributed by atoms with E-state index < -0.39 is 5.41 Å². The maximum absolute atomic E-state index is 11.8. The molecule has 148 valence electrons. The Morgan fingerprint density at radius 1 is 1.36 bits per heavy atom. The van der Waals surface area contributed by atoms with Crippen molar-refractivity contribution in [3.8, 4) is 0 Å². The number of nitrogens with zero attached hydrogens (tertiary/aromatic N) is 1. The van der Waals surface area contributed by atoms with Gasteiger partial charge in [-0.25, -0.2) is 0 Å². The maximum Gasteiger partial charge on any atom is 0.227 e. The summed E-state index contributed by atoms with van der Waals surface area (Å²) in [5, 5.41) is 9.14. The molecule has 8 heteroatoms. The van der Waals surface area contributed by atoms with Crippen LogP contribution in [-0.2, 0) is 14.3 Å². The first kappa shape index (κ1) is 24.4. The lowest BCUT2D eigenvalue weighted by atomic mass is 9.93. The number of guanidine groups is 1. The number of aliphatic imine (C=N–C) groups is 1. The van der Waals surface area contributed by atoms with Gasteiger partial charge in [-0.15, -0.1) is 24.0 Å². The molecule has 1 atom stereocenters. The smallest absolute Gasteiger partial charge is 0.227 e. The van der Waals surface area contributed by atoms with Gasteiger partial charge in [-0.2, -0.15) is 0 Å². The van der Waals surface area contributed by atoms with E-state index in [1.165, 1.54) is 0 Å². The van der Waals surface area contributed by atoms with Crippen molar-refractivity contribution >= 4 is 35.8 Å². The molecule has 7 nitrogen and oxygen atoms in total. The summed E-state index contributed by atoms with van der Waals surface area (Å²) in [5.41, 5.74) is -0.526. The summed E-state index contributed by atoms with van der Waals surface area (Å²) in [5.74, 6) is 0.721. The molecule has 0 bridgehead atoms. The largest absolute Gasteiger partial charge is 0.379 e. The molecule has 1 unspecified atom stereocenters. The topological polar surface area (TPSA) is 84.0 Å². The minimum atomic E-state index is -0.526.